The Hall–Kier alpha value is -2.90. The maximum Gasteiger partial charge on any atom is 0.573 e. The fourth-order valence-electron chi connectivity index (χ4n) is 2.94. The minimum absolute atomic E-state index is 0.109. The average molecular weight is 375 g/mol. The van der Waals surface area contributed by atoms with E-state index < -0.39 is 6.36 Å². The van der Waals surface area contributed by atoms with Crippen LogP contribution in [0.15, 0.2) is 47.3 Å². The number of halogens is 3. The summed E-state index contributed by atoms with van der Waals surface area (Å²) >= 11 is 0. The summed E-state index contributed by atoms with van der Waals surface area (Å²) in [7, 11) is 0. The van der Waals surface area contributed by atoms with Gasteiger partial charge in [-0.05, 0) is 53.6 Å². The molecule has 1 fully saturated rings. The van der Waals surface area contributed by atoms with Crippen LogP contribution in [0.25, 0.3) is 22.0 Å². The van der Waals surface area contributed by atoms with Gasteiger partial charge in [0.25, 0.3) is 5.56 Å². The van der Waals surface area contributed by atoms with Crippen LogP contribution in [0.4, 0.5) is 13.2 Å². The van der Waals surface area contributed by atoms with E-state index in [1.807, 2.05) is 0 Å². The molecule has 140 valence electrons. The molecule has 1 aliphatic rings. The minimum atomic E-state index is -4.73. The Balaban J connectivity index is 1.68. The van der Waals surface area contributed by atoms with Crippen LogP contribution in [0.3, 0.4) is 0 Å². The molecule has 0 N–H and O–H groups in total. The highest BCUT2D eigenvalue weighted by Gasteiger charge is 2.38. The molecule has 1 aliphatic carbocycles. The summed E-state index contributed by atoms with van der Waals surface area (Å²) in [5, 5.41) is 8.55. The van der Waals surface area contributed by atoms with Crippen molar-refractivity contribution in [1.29, 1.82) is 0 Å². The Labute approximate surface area is 152 Å². The molecule has 0 atom stereocenters. The van der Waals surface area contributed by atoms with E-state index in [9.17, 15) is 18.0 Å². The van der Waals surface area contributed by atoms with Crippen LogP contribution >= 0.6 is 0 Å². The average Bonchev–Trinajstić information content (AvgIpc) is 3.34. The first kappa shape index (κ1) is 17.5. The standard InChI is InChI=1S/C19H16F3N3O2/c1-18(8-9-18)11-25-17(26)15-10-13(4-7-16(15)23-24-25)12-2-5-14(6-3-12)27-19(20,21)22/h2-7,10H,8-9,11H2,1H3. The Morgan fingerprint density at radius 2 is 1.78 bits per heavy atom. The fraction of sp³-hybridized carbons (Fsp3) is 0.316. The van der Waals surface area contributed by atoms with Crippen molar-refractivity contribution in [3.05, 3.63) is 52.8 Å². The van der Waals surface area contributed by atoms with Crippen molar-refractivity contribution in [3.63, 3.8) is 0 Å². The van der Waals surface area contributed by atoms with E-state index in [-0.39, 0.29) is 16.7 Å². The topological polar surface area (TPSA) is 57.0 Å². The highest BCUT2D eigenvalue weighted by molar-refractivity contribution is 5.83. The third kappa shape index (κ3) is 3.79. The molecule has 0 spiro atoms. The summed E-state index contributed by atoms with van der Waals surface area (Å²) in [6.07, 6.45) is -2.61. The molecule has 2 aromatic carbocycles. The molecule has 0 aliphatic heterocycles. The van der Waals surface area contributed by atoms with Crippen LogP contribution in [0.5, 0.6) is 5.75 Å². The second-order valence-corrected chi connectivity index (χ2v) is 7.17. The predicted octanol–water partition coefficient (Wildman–Crippen LogP) is 4.16. The van der Waals surface area contributed by atoms with Crippen LogP contribution < -0.4 is 10.3 Å². The van der Waals surface area contributed by atoms with Crippen LogP contribution in [0.1, 0.15) is 19.8 Å². The van der Waals surface area contributed by atoms with Gasteiger partial charge in [-0.3, -0.25) is 4.79 Å². The quantitative estimate of drug-likeness (QED) is 0.687. The van der Waals surface area contributed by atoms with Crippen molar-refractivity contribution in [2.24, 2.45) is 5.41 Å². The number of fused-ring (bicyclic) bond motifs is 1. The van der Waals surface area contributed by atoms with Crippen molar-refractivity contribution in [2.75, 3.05) is 0 Å². The van der Waals surface area contributed by atoms with E-state index in [0.29, 0.717) is 28.6 Å². The lowest BCUT2D eigenvalue weighted by Crippen LogP contribution is -2.27. The van der Waals surface area contributed by atoms with Gasteiger partial charge >= 0.3 is 6.36 Å². The summed E-state index contributed by atoms with van der Waals surface area (Å²) in [6, 6.07) is 10.6. The number of ether oxygens (including phenoxy) is 1. The number of aromatic nitrogens is 3. The Kier molecular flexibility index (Phi) is 3.94. The number of hydrogen-bond donors (Lipinski definition) is 0. The van der Waals surface area contributed by atoms with Gasteiger partial charge in [0, 0.05) is 0 Å². The smallest absolute Gasteiger partial charge is 0.406 e. The fourth-order valence-corrected chi connectivity index (χ4v) is 2.94. The lowest BCUT2D eigenvalue weighted by atomic mass is 10.0. The molecule has 0 amide bonds. The van der Waals surface area contributed by atoms with Crippen molar-refractivity contribution >= 4 is 10.9 Å². The lowest BCUT2D eigenvalue weighted by Gasteiger charge is -2.11. The first-order chi connectivity index (χ1) is 12.7. The summed E-state index contributed by atoms with van der Waals surface area (Å²) in [5.41, 5.74) is 1.75. The summed E-state index contributed by atoms with van der Waals surface area (Å²) < 4.78 is 42.1. The first-order valence-corrected chi connectivity index (χ1v) is 8.46. The molecule has 1 aromatic heterocycles. The molecule has 5 nitrogen and oxygen atoms in total. The van der Waals surface area contributed by atoms with E-state index in [0.717, 1.165) is 12.8 Å². The van der Waals surface area contributed by atoms with Gasteiger partial charge in [0.1, 0.15) is 11.3 Å². The first-order valence-electron chi connectivity index (χ1n) is 8.46. The maximum absolute atomic E-state index is 12.7. The van der Waals surface area contributed by atoms with Gasteiger partial charge in [-0.1, -0.05) is 30.3 Å². The zero-order valence-electron chi connectivity index (χ0n) is 14.5. The molecule has 0 bridgehead atoms. The Morgan fingerprint density at radius 1 is 1.11 bits per heavy atom. The van der Waals surface area contributed by atoms with E-state index in [4.69, 9.17) is 0 Å². The molecule has 1 heterocycles. The molecule has 4 rings (SSSR count). The Morgan fingerprint density at radius 3 is 2.41 bits per heavy atom. The predicted molar refractivity (Wildman–Crippen MR) is 93.3 cm³/mol. The van der Waals surface area contributed by atoms with Crippen molar-refractivity contribution in [3.8, 4) is 16.9 Å². The van der Waals surface area contributed by atoms with Gasteiger partial charge in [0.15, 0.2) is 0 Å². The zero-order chi connectivity index (χ0) is 19.2. The molecule has 27 heavy (non-hydrogen) atoms. The van der Waals surface area contributed by atoms with E-state index in [2.05, 4.69) is 22.0 Å². The van der Waals surface area contributed by atoms with Gasteiger partial charge in [-0.25, -0.2) is 4.68 Å². The second-order valence-electron chi connectivity index (χ2n) is 7.17. The second kappa shape index (κ2) is 6.07. The van der Waals surface area contributed by atoms with Gasteiger partial charge in [0.05, 0.1) is 11.9 Å². The minimum Gasteiger partial charge on any atom is -0.406 e. The summed E-state index contributed by atoms with van der Waals surface area (Å²) in [4.78, 5) is 12.7. The normalized spacial score (nSPS) is 15.7. The highest BCUT2D eigenvalue weighted by atomic mass is 19.4. The molecular weight excluding hydrogens is 359 g/mol. The third-order valence-electron chi connectivity index (χ3n) is 4.78. The molecule has 0 radical (unpaired) electrons. The zero-order valence-corrected chi connectivity index (χ0v) is 14.5. The van der Waals surface area contributed by atoms with Gasteiger partial charge in [-0.2, -0.15) is 0 Å². The lowest BCUT2D eigenvalue weighted by molar-refractivity contribution is -0.274. The monoisotopic (exact) mass is 375 g/mol. The van der Waals surface area contributed by atoms with Gasteiger partial charge in [0.2, 0.25) is 0 Å². The van der Waals surface area contributed by atoms with E-state index >= 15 is 0 Å². The number of benzene rings is 2. The van der Waals surface area contributed by atoms with Crippen molar-refractivity contribution in [1.82, 2.24) is 15.0 Å². The van der Waals surface area contributed by atoms with E-state index in [1.54, 1.807) is 18.2 Å². The maximum atomic E-state index is 12.7. The highest BCUT2D eigenvalue weighted by Crippen LogP contribution is 2.45. The van der Waals surface area contributed by atoms with Crippen molar-refractivity contribution < 1.29 is 17.9 Å². The van der Waals surface area contributed by atoms with Crippen LogP contribution in [0, 0.1) is 5.41 Å². The summed E-state index contributed by atoms with van der Waals surface area (Å²) in [6.45, 7) is 2.63. The number of alkyl halides is 3. The molecule has 3 aromatic rings. The Bertz CT molecular complexity index is 1050. The van der Waals surface area contributed by atoms with Gasteiger partial charge in [-0.15, -0.1) is 18.3 Å². The summed E-state index contributed by atoms with van der Waals surface area (Å²) in [5.74, 6) is -0.294. The molecule has 1 saturated carbocycles. The molecule has 8 heteroatoms. The SMILES string of the molecule is CC1(Cn2nnc3ccc(-c4ccc(OC(F)(F)F)cc4)cc3c2=O)CC1. The largest absolute Gasteiger partial charge is 0.573 e. The number of hydrogen-bond acceptors (Lipinski definition) is 4. The van der Waals surface area contributed by atoms with Gasteiger partial charge < -0.3 is 4.74 Å². The van der Waals surface area contributed by atoms with Crippen LogP contribution in [0.2, 0.25) is 0 Å². The molecular formula is C19H16F3N3O2. The van der Waals surface area contributed by atoms with Crippen molar-refractivity contribution in [2.45, 2.75) is 32.7 Å². The van der Waals surface area contributed by atoms with Crippen LogP contribution in [-0.4, -0.2) is 21.4 Å². The number of rotatable bonds is 4. The molecule has 0 unspecified atom stereocenters. The van der Waals surface area contributed by atoms with Crippen LogP contribution in [-0.2, 0) is 6.54 Å². The number of nitrogens with zero attached hydrogens (tertiary/aromatic N) is 3. The third-order valence-corrected chi connectivity index (χ3v) is 4.78. The van der Waals surface area contributed by atoms with E-state index in [1.165, 1.54) is 28.9 Å². The molecule has 0 saturated heterocycles.